The molecule has 0 fully saturated rings. The topological polar surface area (TPSA) is 25.2 Å². The number of nitrogens with one attached hydrogen (secondary N) is 1. The molecule has 0 saturated heterocycles. The van der Waals surface area contributed by atoms with Crippen LogP contribution >= 0.6 is 11.6 Å². The van der Waals surface area contributed by atoms with Gasteiger partial charge in [0.25, 0.3) is 0 Å². The highest BCUT2D eigenvalue weighted by Gasteiger charge is 2.18. The molecule has 0 bridgehead atoms. The highest BCUT2D eigenvalue weighted by molar-refractivity contribution is 6.31. The van der Waals surface area contributed by atoms with Gasteiger partial charge in [-0.05, 0) is 62.9 Å². The van der Waals surface area contributed by atoms with Crippen molar-refractivity contribution in [2.45, 2.75) is 45.1 Å². The lowest BCUT2D eigenvalue weighted by atomic mass is 9.93. The molecule has 112 valence electrons. The monoisotopic (exact) mass is 303 g/mol. The van der Waals surface area contributed by atoms with Crippen LogP contribution in [0.5, 0.6) is 0 Å². The predicted molar refractivity (Wildman–Crippen MR) is 88.8 cm³/mol. The molecule has 21 heavy (non-hydrogen) atoms. The Hall–Kier alpha value is -1.25. The van der Waals surface area contributed by atoms with Crippen LogP contribution in [-0.4, -0.2) is 6.54 Å². The largest absolute Gasteiger partial charge is 0.459 e. The fourth-order valence-corrected chi connectivity index (χ4v) is 3.26. The van der Waals surface area contributed by atoms with Crippen LogP contribution in [-0.2, 0) is 0 Å². The van der Waals surface area contributed by atoms with Crippen molar-refractivity contribution < 1.29 is 4.42 Å². The van der Waals surface area contributed by atoms with Gasteiger partial charge in [-0.2, -0.15) is 0 Å². The van der Waals surface area contributed by atoms with Crippen LogP contribution in [0, 0.1) is 0 Å². The van der Waals surface area contributed by atoms with Crippen molar-refractivity contribution in [2.75, 3.05) is 6.54 Å². The summed E-state index contributed by atoms with van der Waals surface area (Å²) in [6.07, 6.45) is 8.56. The van der Waals surface area contributed by atoms with Gasteiger partial charge in [-0.1, -0.05) is 30.2 Å². The molecule has 3 rings (SSSR count). The minimum atomic E-state index is 0.255. The van der Waals surface area contributed by atoms with Crippen molar-refractivity contribution in [3.8, 4) is 0 Å². The molecule has 1 atom stereocenters. The Morgan fingerprint density at radius 3 is 2.95 bits per heavy atom. The molecule has 3 heteroatoms. The number of fused-ring (bicyclic) bond motifs is 1. The number of rotatable bonds is 5. The Morgan fingerprint density at radius 1 is 1.29 bits per heavy atom. The van der Waals surface area contributed by atoms with Crippen molar-refractivity contribution in [3.05, 3.63) is 46.7 Å². The molecule has 0 saturated carbocycles. The molecule has 0 radical (unpaired) electrons. The van der Waals surface area contributed by atoms with Crippen LogP contribution in [0.2, 0.25) is 5.02 Å². The van der Waals surface area contributed by atoms with Crippen molar-refractivity contribution in [1.29, 1.82) is 0 Å². The first-order valence-corrected chi connectivity index (χ1v) is 8.24. The van der Waals surface area contributed by atoms with Crippen molar-refractivity contribution in [2.24, 2.45) is 0 Å². The van der Waals surface area contributed by atoms with E-state index < -0.39 is 0 Å². The fraction of sp³-hybridized carbons (Fsp3) is 0.444. The summed E-state index contributed by atoms with van der Waals surface area (Å²) in [4.78, 5) is 0. The van der Waals surface area contributed by atoms with Gasteiger partial charge in [0.1, 0.15) is 11.3 Å². The fourth-order valence-electron chi connectivity index (χ4n) is 3.08. The molecular formula is C18H22ClNO. The quantitative estimate of drug-likeness (QED) is 0.724. The van der Waals surface area contributed by atoms with Gasteiger partial charge in [-0.15, -0.1) is 0 Å². The summed E-state index contributed by atoms with van der Waals surface area (Å²) in [5.74, 6) is 1.01. The molecule has 1 N–H and O–H groups in total. The molecule has 1 aliphatic carbocycles. The summed E-state index contributed by atoms with van der Waals surface area (Å²) < 4.78 is 6.03. The van der Waals surface area contributed by atoms with E-state index in [-0.39, 0.29) is 6.04 Å². The summed E-state index contributed by atoms with van der Waals surface area (Å²) in [7, 11) is 0. The van der Waals surface area contributed by atoms with Crippen LogP contribution in [0.4, 0.5) is 0 Å². The summed E-state index contributed by atoms with van der Waals surface area (Å²) in [6.45, 7) is 3.08. The number of hydrogen-bond donors (Lipinski definition) is 1. The van der Waals surface area contributed by atoms with E-state index in [0.29, 0.717) is 0 Å². The maximum Gasteiger partial charge on any atom is 0.134 e. The van der Waals surface area contributed by atoms with Gasteiger partial charge in [0.15, 0.2) is 0 Å². The van der Waals surface area contributed by atoms with E-state index >= 15 is 0 Å². The van der Waals surface area contributed by atoms with Gasteiger partial charge in [-0.25, -0.2) is 0 Å². The number of halogens is 1. The summed E-state index contributed by atoms with van der Waals surface area (Å²) in [6, 6.07) is 8.17. The zero-order valence-electron chi connectivity index (χ0n) is 12.5. The summed E-state index contributed by atoms with van der Waals surface area (Å²) >= 11 is 6.06. The van der Waals surface area contributed by atoms with Crippen LogP contribution in [0.1, 0.15) is 50.8 Å². The molecule has 2 nitrogen and oxygen atoms in total. The maximum absolute atomic E-state index is 6.06. The van der Waals surface area contributed by atoms with Crippen molar-refractivity contribution in [3.63, 3.8) is 0 Å². The van der Waals surface area contributed by atoms with Crippen LogP contribution in [0.15, 0.2) is 40.3 Å². The van der Waals surface area contributed by atoms with Gasteiger partial charge < -0.3 is 9.73 Å². The summed E-state index contributed by atoms with van der Waals surface area (Å²) in [5, 5.41) is 5.39. The molecule has 0 spiro atoms. The van der Waals surface area contributed by atoms with Crippen molar-refractivity contribution >= 4 is 22.6 Å². The first-order valence-electron chi connectivity index (χ1n) is 7.86. The van der Waals surface area contributed by atoms with E-state index in [9.17, 15) is 0 Å². The number of hydrogen-bond acceptors (Lipinski definition) is 2. The van der Waals surface area contributed by atoms with Gasteiger partial charge >= 0.3 is 0 Å². The lowest BCUT2D eigenvalue weighted by molar-refractivity contribution is 0.428. The number of furan rings is 1. The Labute approximate surface area is 131 Å². The van der Waals surface area contributed by atoms with Crippen LogP contribution in [0.3, 0.4) is 0 Å². The average molecular weight is 304 g/mol. The Kier molecular flexibility index (Phi) is 4.67. The van der Waals surface area contributed by atoms with Gasteiger partial charge in [-0.3, -0.25) is 0 Å². The molecule has 1 unspecified atom stereocenters. The highest BCUT2D eigenvalue weighted by atomic mass is 35.5. The molecule has 1 heterocycles. The molecule has 1 aromatic heterocycles. The third-order valence-corrected chi connectivity index (χ3v) is 4.38. The third kappa shape index (κ3) is 3.50. The van der Waals surface area contributed by atoms with E-state index in [4.69, 9.17) is 16.0 Å². The van der Waals surface area contributed by atoms with Crippen molar-refractivity contribution in [1.82, 2.24) is 5.32 Å². The Bertz CT molecular complexity index is 644. The van der Waals surface area contributed by atoms with E-state index in [1.807, 2.05) is 18.2 Å². The van der Waals surface area contributed by atoms with E-state index in [2.05, 4.69) is 24.4 Å². The van der Waals surface area contributed by atoms with Gasteiger partial charge in [0.05, 0.1) is 6.04 Å². The van der Waals surface area contributed by atoms with E-state index in [0.717, 1.165) is 34.7 Å². The summed E-state index contributed by atoms with van der Waals surface area (Å²) in [5.41, 5.74) is 2.47. The Balaban J connectivity index is 1.85. The zero-order chi connectivity index (χ0) is 14.7. The van der Waals surface area contributed by atoms with E-state index in [1.54, 1.807) is 5.57 Å². The third-order valence-electron chi connectivity index (χ3n) is 4.14. The molecule has 1 aromatic carbocycles. The van der Waals surface area contributed by atoms with Gasteiger partial charge in [0.2, 0.25) is 0 Å². The highest BCUT2D eigenvalue weighted by Crippen LogP contribution is 2.31. The van der Waals surface area contributed by atoms with Crippen LogP contribution < -0.4 is 5.32 Å². The smallest absolute Gasteiger partial charge is 0.134 e. The maximum atomic E-state index is 6.06. The minimum absolute atomic E-state index is 0.255. The molecule has 0 amide bonds. The minimum Gasteiger partial charge on any atom is -0.459 e. The molecular weight excluding hydrogens is 282 g/mol. The lowest BCUT2D eigenvalue weighted by Gasteiger charge is -2.19. The normalized spacial score (nSPS) is 17.0. The zero-order valence-corrected chi connectivity index (χ0v) is 13.2. The van der Waals surface area contributed by atoms with Gasteiger partial charge in [0, 0.05) is 10.4 Å². The standard InChI is InChI=1S/C18H22ClNO/c1-2-20-16(10-13-6-4-3-5-7-13)18-12-14-11-15(19)8-9-17(14)21-18/h6,8-9,11-12,16,20H,2-5,7,10H2,1H3. The molecule has 0 aliphatic heterocycles. The number of allylic oxidation sites excluding steroid dienone is 1. The predicted octanol–water partition coefficient (Wildman–Crippen LogP) is 5.63. The number of benzene rings is 1. The second-order valence-electron chi connectivity index (χ2n) is 5.75. The lowest BCUT2D eigenvalue weighted by Crippen LogP contribution is -2.21. The first-order chi connectivity index (χ1) is 10.3. The second kappa shape index (κ2) is 6.67. The SMILES string of the molecule is CCNC(CC1=CCCCC1)c1cc2cc(Cl)ccc2o1. The Morgan fingerprint density at radius 2 is 2.19 bits per heavy atom. The van der Waals surface area contributed by atoms with Crippen LogP contribution in [0.25, 0.3) is 11.0 Å². The molecule has 1 aliphatic rings. The first kappa shape index (κ1) is 14.7. The average Bonchev–Trinajstić information content (AvgIpc) is 2.91. The van der Waals surface area contributed by atoms with E-state index in [1.165, 1.54) is 25.7 Å². The molecule has 2 aromatic rings. The second-order valence-corrected chi connectivity index (χ2v) is 6.19.